The van der Waals surface area contributed by atoms with Crippen LogP contribution in [0.3, 0.4) is 0 Å². The molecular weight excluding hydrogens is 372 g/mol. The highest BCUT2D eigenvalue weighted by Crippen LogP contribution is 2.38. The highest BCUT2D eigenvalue weighted by molar-refractivity contribution is 7.99. The average molecular weight is 399 g/mol. The molecule has 1 aliphatic rings. The largest absolute Gasteiger partial charge is 0.490 e. The summed E-state index contributed by atoms with van der Waals surface area (Å²) in [6.07, 6.45) is 0.421. The molecule has 0 bridgehead atoms. The molecule has 28 heavy (non-hydrogen) atoms. The van der Waals surface area contributed by atoms with Gasteiger partial charge in [-0.1, -0.05) is 18.2 Å². The minimum atomic E-state index is -0.590. The monoisotopic (exact) mass is 398 g/mol. The molecule has 0 spiro atoms. The molecule has 0 unspecified atom stereocenters. The van der Waals surface area contributed by atoms with Gasteiger partial charge in [-0.05, 0) is 45.0 Å². The predicted molar refractivity (Wildman–Crippen MR) is 114 cm³/mol. The Bertz CT molecular complexity index is 852. The quantitative estimate of drug-likeness (QED) is 0.724. The van der Waals surface area contributed by atoms with Crippen molar-refractivity contribution in [2.75, 3.05) is 29.1 Å². The van der Waals surface area contributed by atoms with Crippen LogP contribution < -0.4 is 15.0 Å². The van der Waals surface area contributed by atoms with Gasteiger partial charge in [-0.25, -0.2) is 0 Å². The number of benzene rings is 2. The van der Waals surface area contributed by atoms with E-state index >= 15 is 0 Å². The van der Waals surface area contributed by atoms with Crippen molar-refractivity contribution in [3.8, 4) is 5.75 Å². The molecule has 0 fully saturated rings. The lowest BCUT2D eigenvalue weighted by Gasteiger charge is -2.26. The van der Waals surface area contributed by atoms with Gasteiger partial charge in [-0.3, -0.25) is 9.59 Å². The van der Waals surface area contributed by atoms with Crippen molar-refractivity contribution in [2.45, 2.75) is 32.1 Å². The molecule has 0 saturated carbocycles. The van der Waals surface area contributed by atoms with E-state index in [0.29, 0.717) is 36.8 Å². The molecule has 0 atom stereocenters. The summed E-state index contributed by atoms with van der Waals surface area (Å²) < 4.78 is 5.91. The van der Waals surface area contributed by atoms with Gasteiger partial charge >= 0.3 is 0 Å². The minimum Gasteiger partial charge on any atom is -0.490 e. The van der Waals surface area contributed by atoms with E-state index in [-0.39, 0.29) is 11.8 Å². The number of thioether (sulfide) groups is 1. The fraction of sp³-hybridized carbons (Fsp3) is 0.364. The first-order valence-corrected chi connectivity index (χ1v) is 10.5. The Balaban J connectivity index is 1.64. The van der Waals surface area contributed by atoms with Gasteiger partial charge in [-0.2, -0.15) is 0 Å². The van der Waals surface area contributed by atoms with Crippen LogP contribution in [0, 0.1) is 5.41 Å². The molecule has 1 N–H and O–H groups in total. The van der Waals surface area contributed by atoms with Gasteiger partial charge in [0.2, 0.25) is 11.8 Å². The highest BCUT2D eigenvalue weighted by Gasteiger charge is 2.37. The Morgan fingerprint density at radius 2 is 1.96 bits per heavy atom. The standard InChI is InChI=1S/C22H26N2O3S/c1-4-24-18-11-10-16(14-19(18)27-15-22(2,3)21(24)26)23-20(25)12-13-28-17-8-6-5-7-9-17/h5-11,14H,4,12-13,15H2,1-3H3,(H,23,25). The van der Waals surface area contributed by atoms with E-state index in [1.54, 1.807) is 22.7 Å². The van der Waals surface area contributed by atoms with Crippen LogP contribution >= 0.6 is 11.8 Å². The number of anilines is 2. The van der Waals surface area contributed by atoms with Gasteiger partial charge in [0.05, 0.1) is 11.1 Å². The summed E-state index contributed by atoms with van der Waals surface area (Å²) >= 11 is 1.66. The number of hydrogen-bond acceptors (Lipinski definition) is 4. The molecule has 148 valence electrons. The first kappa shape index (κ1) is 20.3. The molecule has 0 aromatic heterocycles. The van der Waals surface area contributed by atoms with E-state index in [4.69, 9.17) is 4.74 Å². The van der Waals surface area contributed by atoms with Gasteiger partial charge in [0.25, 0.3) is 0 Å². The van der Waals surface area contributed by atoms with Crippen LogP contribution in [0.4, 0.5) is 11.4 Å². The summed E-state index contributed by atoms with van der Waals surface area (Å²) in [5.41, 5.74) is 0.833. The van der Waals surface area contributed by atoms with Crippen LogP contribution in [-0.2, 0) is 9.59 Å². The van der Waals surface area contributed by atoms with Crippen LogP contribution in [0.15, 0.2) is 53.4 Å². The number of hydrogen-bond donors (Lipinski definition) is 1. The lowest BCUT2D eigenvalue weighted by molar-refractivity contribution is -0.127. The molecule has 6 heteroatoms. The van der Waals surface area contributed by atoms with E-state index in [2.05, 4.69) is 5.32 Å². The second-order valence-corrected chi connectivity index (χ2v) is 8.53. The molecule has 0 radical (unpaired) electrons. The van der Waals surface area contributed by atoms with Crippen LogP contribution in [0.25, 0.3) is 0 Å². The molecule has 0 saturated heterocycles. The van der Waals surface area contributed by atoms with Crippen molar-refractivity contribution in [2.24, 2.45) is 5.41 Å². The Morgan fingerprint density at radius 1 is 1.21 bits per heavy atom. The van der Waals surface area contributed by atoms with Crippen LogP contribution in [0.2, 0.25) is 0 Å². The molecule has 2 aromatic rings. The maximum absolute atomic E-state index is 12.7. The summed E-state index contributed by atoms with van der Waals surface area (Å²) in [6.45, 7) is 6.60. The third-order valence-corrected chi connectivity index (χ3v) is 5.62. The second kappa shape index (κ2) is 8.69. The molecule has 0 aliphatic carbocycles. The van der Waals surface area contributed by atoms with Gasteiger partial charge in [0.15, 0.2) is 0 Å². The zero-order valence-electron chi connectivity index (χ0n) is 16.5. The third kappa shape index (κ3) is 4.68. The molecule has 3 rings (SSSR count). The summed E-state index contributed by atoms with van der Waals surface area (Å²) in [5.74, 6) is 1.34. The first-order valence-electron chi connectivity index (χ1n) is 9.47. The number of nitrogens with one attached hydrogen (secondary N) is 1. The van der Waals surface area contributed by atoms with Crippen LogP contribution in [0.1, 0.15) is 27.2 Å². The number of nitrogens with zero attached hydrogens (tertiary/aromatic N) is 1. The van der Waals surface area contributed by atoms with Crippen molar-refractivity contribution in [3.05, 3.63) is 48.5 Å². The number of fused-ring (bicyclic) bond motifs is 1. The molecule has 1 aliphatic heterocycles. The molecule has 2 aromatic carbocycles. The lowest BCUT2D eigenvalue weighted by Crippen LogP contribution is -2.42. The normalized spacial score (nSPS) is 15.4. The fourth-order valence-corrected chi connectivity index (χ4v) is 3.91. The van der Waals surface area contributed by atoms with E-state index in [1.165, 1.54) is 0 Å². The van der Waals surface area contributed by atoms with Crippen molar-refractivity contribution in [3.63, 3.8) is 0 Å². The topological polar surface area (TPSA) is 58.6 Å². The van der Waals surface area contributed by atoms with Crippen LogP contribution in [-0.4, -0.2) is 30.7 Å². The van der Waals surface area contributed by atoms with E-state index in [0.717, 1.165) is 10.6 Å². The zero-order valence-corrected chi connectivity index (χ0v) is 17.3. The van der Waals surface area contributed by atoms with E-state index < -0.39 is 5.41 Å². The van der Waals surface area contributed by atoms with E-state index in [9.17, 15) is 9.59 Å². The molecular formula is C22H26N2O3S. The van der Waals surface area contributed by atoms with Crippen molar-refractivity contribution >= 4 is 35.0 Å². The Morgan fingerprint density at radius 3 is 2.68 bits per heavy atom. The predicted octanol–water partition coefficient (Wildman–Crippen LogP) is 4.58. The Labute approximate surface area is 170 Å². The SMILES string of the molecule is CCN1C(=O)C(C)(C)COc2cc(NC(=O)CCSc3ccccc3)ccc21. The maximum atomic E-state index is 12.7. The maximum Gasteiger partial charge on any atom is 0.236 e. The van der Waals surface area contributed by atoms with Gasteiger partial charge in [0.1, 0.15) is 12.4 Å². The summed E-state index contributed by atoms with van der Waals surface area (Å²) in [7, 11) is 0. The fourth-order valence-electron chi connectivity index (χ4n) is 3.04. The summed E-state index contributed by atoms with van der Waals surface area (Å²) in [6, 6.07) is 15.5. The Kier molecular flexibility index (Phi) is 6.29. The number of carbonyl (C=O) groups is 2. The molecule has 1 heterocycles. The van der Waals surface area contributed by atoms with Gasteiger partial charge < -0.3 is 15.0 Å². The molecule has 2 amide bonds. The van der Waals surface area contributed by atoms with Crippen molar-refractivity contribution < 1.29 is 14.3 Å². The third-order valence-electron chi connectivity index (χ3n) is 4.60. The Hall–Kier alpha value is -2.47. The van der Waals surface area contributed by atoms with Crippen LogP contribution in [0.5, 0.6) is 5.75 Å². The molecule has 5 nitrogen and oxygen atoms in total. The highest BCUT2D eigenvalue weighted by atomic mass is 32.2. The first-order chi connectivity index (χ1) is 13.4. The lowest BCUT2D eigenvalue weighted by atomic mass is 9.93. The summed E-state index contributed by atoms with van der Waals surface area (Å²) in [4.78, 5) is 27.9. The smallest absolute Gasteiger partial charge is 0.236 e. The number of amides is 2. The second-order valence-electron chi connectivity index (χ2n) is 7.36. The summed E-state index contributed by atoms with van der Waals surface area (Å²) in [5, 5.41) is 2.93. The van der Waals surface area contributed by atoms with E-state index in [1.807, 2.05) is 63.2 Å². The van der Waals surface area contributed by atoms with Gasteiger partial charge in [-0.15, -0.1) is 11.8 Å². The van der Waals surface area contributed by atoms with Crippen molar-refractivity contribution in [1.29, 1.82) is 0 Å². The zero-order chi connectivity index (χ0) is 20.1. The number of rotatable bonds is 6. The van der Waals surface area contributed by atoms with Crippen molar-refractivity contribution in [1.82, 2.24) is 0 Å². The van der Waals surface area contributed by atoms with Gasteiger partial charge in [0, 0.05) is 35.4 Å². The average Bonchev–Trinajstić information content (AvgIpc) is 2.77. The minimum absolute atomic E-state index is 0.0410. The number of carbonyl (C=O) groups excluding carboxylic acids is 2. The number of ether oxygens (including phenoxy) is 1.